The summed E-state index contributed by atoms with van der Waals surface area (Å²) in [6, 6.07) is 0. The second-order valence-corrected chi connectivity index (χ2v) is 32.4. The molecule has 19 heteroatoms. The number of hydrogen-bond acceptors (Lipinski definition) is 15. The highest BCUT2D eigenvalue weighted by Crippen LogP contribution is 2.45. The summed E-state index contributed by atoms with van der Waals surface area (Å²) in [5, 5.41) is 10.6. The maximum atomic E-state index is 13.1. The lowest BCUT2D eigenvalue weighted by Gasteiger charge is -2.21. The minimum absolute atomic E-state index is 0.105. The Bertz CT molecular complexity index is 1910. The number of carbonyl (C=O) groups excluding carboxylic acids is 4. The summed E-state index contributed by atoms with van der Waals surface area (Å²) < 4.78 is 68.6. The minimum Gasteiger partial charge on any atom is -0.462 e. The Kier molecular flexibility index (Phi) is 70.3. The number of unbranched alkanes of at least 4 members (excludes halogenated alkanes) is 48. The Morgan fingerprint density at radius 3 is 0.768 bits per heavy atom. The van der Waals surface area contributed by atoms with Crippen molar-refractivity contribution in [2.75, 3.05) is 39.6 Å². The average molecular weight is 1450 g/mol. The van der Waals surface area contributed by atoms with E-state index in [4.69, 9.17) is 37.0 Å². The highest BCUT2D eigenvalue weighted by molar-refractivity contribution is 7.47. The second kappa shape index (κ2) is 71.7. The first-order valence-corrected chi connectivity index (χ1v) is 44.5. The van der Waals surface area contributed by atoms with Gasteiger partial charge in [-0.2, -0.15) is 0 Å². The predicted molar refractivity (Wildman–Crippen MR) is 405 cm³/mol. The number of ether oxygens (including phenoxy) is 4. The van der Waals surface area contributed by atoms with Crippen molar-refractivity contribution in [3.8, 4) is 0 Å². The minimum atomic E-state index is -4.96. The lowest BCUT2D eigenvalue weighted by molar-refractivity contribution is -0.161. The smallest absolute Gasteiger partial charge is 0.462 e. The maximum absolute atomic E-state index is 13.1. The van der Waals surface area contributed by atoms with Crippen LogP contribution in [-0.4, -0.2) is 96.7 Å². The predicted octanol–water partition coefficient (Wildman–Crippen LogP) is 23.9. The fraction of sp³-hybridized carbons (Fsp3) is 0.950. The molecular weight excluding hydrogens is 1290 g/mol. The van der Waals surface area contributed by atoms with E-state index in [-0.39, 0.29) is 25.7 Å². The van der Waals surface area contributed by atoms with E-state index in [2.05, 4.69) is 41.5 Å². The van der Waals surface area contributed by atoms with E-state index in [9.17, 15) is 43.2 Å². The van der Waals surface area contributed by atoms with Crippen LogP contribution in [0.2, 0.25) is 0 Å². The molecule has 0 rings (SSSR count). The van der Waals surface area contributed by atoms with Crippen LogP contribution in [0.15, 0.2) is 0 Å². The molecular formula is C80H156O17P2. The molecule has 0 aliphatic rings. The number of esters is 4. The monoisotopic (exact) mass is 1450 g/mol. The Morgan fingerprint density at radius 1 is 0.293 bits per heavy atom. The van der Waals surface area contributed by atoms with E-state index in [1.54, 1.807) is 0 Å². The van der Waals surface area contributed by atoms with Gasteiger partial charge in [0.05, 0.1) is 26.4 Å². The molecule has 0 aromatic heterocycles. The van der Waals surface area contributed by atoms with Gasteiger partial charge < -0.3 is 33.8 Å². The number of carbonyl (C=O) groups is 4. The molecule has 0 radical (unpaired) electrons. The van der Waals surface area contributed by atoms with Crippen molar-refractivity contribution in [3.05, 3.63) is 0 Å². The lowest BCUT2D eigenvalue weighted by Crippen LogP contribution is -2.30. The van der Waals surface area contributed by atoms with Crippen LogP contribution in [0.1, 0.15) is 420 Å². The largest absolute Gasteiger partial charge is 0.472 e. The zero-order chi connectivity index (χ0) is 72.8. The molecule has 0 bridgehead atoms. The molecule has 0 fully saturated rings. The third-order valence-electron chi connectivity index (χ3n) is 19.1. The van der Waals surface area contributed by atoms with Crippen molar-refractivity contribution in [2.24, 2.45) is 11.8 Å². The van der Waals surface area contributed by atoms with Crippen LogP contribution in [0.4, 0.5) is 0 Å². The van der Waals surface area contributed by atoms with Gasteiger partial charge in [-0.1, -0.05) is 369 Å². The number of rotatable bonds is 79. The normalized spacial score (nSPS) is 14.2. The standard InChI is InChI=1S/C80H156O17P2/c1-7-10-12-14-16-18-20-22-24-26-27-28-29-31-33-35-40-44-52-58-64-79(84)96-75(68-90-77(82)62-56-50-43-39-34-32-30-25-23-21-19-17-15-13-11-8-2)70-94-98(86,87)92-66-74(81)67-93-99(88,89)95-71-76(69-91-78(83)63-57-51-47-46-48-54-60-72(4)5)97-80(85)65-59-53-45-41-37-36-38-42-49-55-61-73(6)9-3/h72-76,81H,7-71H2,1-6H3,(H,86,87)(H,88,89)/t73?,74-,75-,76-/m1/s1. The fourth-order valence-corrected chi connectivity index (χ4v) is 13.9. The molecule has 588 valence electrons. The van der Waals surface area contributed by atoms with Crippen molar-refractivity contribution >= 4 is 39.5 Å². The third kappa shape index (κ3) is 72.8. The van der Waals surface area contributed by atoms with Gasteiger partial charge in [0.1, 0.15) is 19.3 Å². The summed E-state index contributed by atoms with van der Waals surface area (Å²) >= 11 is 0. The molecule has 0 aliphatic carbocycles. The quantitative estimate of drug-likeness (QED) is 0.0222. The third-order valence-corrected chi connectivity index (χ3v) is 21.0. The second-order valence-electron chi connectivity index (χ2n) is 29.5. The number of aliphatic hydroxyl groups is 1. The molecule has 0 spiro atoms. The fourth-order valence-electron chi connectivity index (χ4n) is 12.3. The maximum Gasteiger partial charge on any atom is 0.472 e. The van der Waals surface area contributed by atoms with Crippen molar-refractivity contribution in [1.29, 1.82) is 0 Å². The molecule has 0 saturated carbocycles. The van der Waals surface area contributed by atoms with Crippen LogP contribution in [-0.2, 0) is 65.4 Å². The van der Waals surface area contributed by atoms with Crippen molar-refractivity contribution in [2.45, 2.75) is 439 Å². The topological polar surface area (TPSA) is 237 Å². The number of phosphoric ester groups is 2. The molecule has 3 unspecified atom stereocenters. The van der Waals surface area contributed by atoms with Crippen LogP contribution >= 0.6 is 15.6 Å². The van der Waals surface area contributed by atoms with E-state index in [1.807, 2.05) is 0 Å². The Balaban J connectivity index is 5.22. The van der Waals surface area contributed by atoms with Gasteiger partial charge in [-0.25, -0.2) is 9.13 Å². The van der Waals surface area contributed by atoms with Gasteiger partial charge in [0.15, 0.2) is 12.2 Å². The molecule has 0 aromatic carbocycles. The van der Waals surface area contributed by atoms with Gasteiger partial charge in [-0.05, 0) is 37.5 Å². The lowest BCUT2D eigenvalue weighted by atomic mass is 9.99. The van der Waals surface area contributed by atoms with E-state index >= 15 is 0 Å². The van der Waals surface area contributed by atoms with Crippen molar-refractivity contribution in [1.82, 2.24) is 0 Å². The molecule has 0 saturated heterocycles. The van der Waals surface area contributed by atoms with E-state index in [0.29, 0.717) is 31.6 Å². The summed E-state index contributed by atoms with van der Waals surface area (Å²) in [5.41, 5.74) is 0. The van der Waals surface area contributed by atoms with Crippen LogP contribution in [0.5, 0.6) is 0 Å². The zero-order valence-electron chi connectivity index (χ0n) is 64.8. The highest BCUT2D eigenvalue weighted by Gasteiger charge is 2.30. The van der Waals surface area contributed by atoms with Crippen LogP contribution in [0.25, 0.3) is 0 Å². The van der Waals surface area contributed by atoms with Gasteiger partial charge in [-0.15, -0.1) is 0 Å². The van der Waals surface area contributed by atoms with Crippen molar-refractivity contribution in [3.63, 3.8) is 0 Å². The van der Waals surface area contributed by atoms with Crippen LogP contribution in [0, 0.1) is 11.8 Å². The SMILES string of the molecule is CCCCCCCCCCCCCCCCCCCCCCC(=O)O[C@H](COC(=O)CCCCCCCCCCCCCCCCCC)COP(=O)(O)OC[C@@H](O)COP(=O)(O)OC[C@@H](COC(=O)CCCCCCCCC(C)C)OC(=O)CCCCCCCCCCCCC(C)CC. The van der Waals surface area contributed by atoms with E-state index in [1.165, 1.54) is 231 Å². The molecule has 17 nitrogen and oxygen atoms in total. The van der Waals surface area contributed by atoms with E-state index < -0.39 is 97.5 Å². The Hall–Kier alpha value is -1.94. The number of aliphatic hydroxyl groups excluding tert-OH is 1. The molecule has 3 N–H and O–H groups in total. The van der Waals surface area contributed by atoms with Gasteiger partial charge in [0, 0.05) is 25.7 Å². The Morgan fingerprint density at radius 2 is 0.515 bits per heavy atom. The summed E-state index contributed by atoms with van der Waals surface area (Å²) in [4.78, 5) is 72.9. The average Bonchev–Trinajstić information content (AvgIpc) is 0.997. The molecule has 99 heavy (non-hydrogen) atoms. The summed E-state index contributed by atoms with van der Waals surface area (Å²) in [7, 11) is -9.92. The molecule has 0 amide bonds. The molecule has 6 atom stereocenters. The first-order valence-electron chi connectivity index (χ1n) is 41.5. The summed E-state index contributed by atoms with van der Waals surface area (Å²) in [6.07, 6.45) is 61.2. The van der Waals surface area contributed by atoms with Gasteiger partial charge in [-0.3, -0.25) is 37.3 Å². The highest BCUT2D eigenvalue weighted by atomic mass is 31.2. The first kappa shape index (κ1) is 97.1. The molecule has 0 aliphatic heterocycles. The van der Waals surface area contributed by atoms with E-state index in [0.717, 1.165) is 102 Å². The van der Waals surface area contributed by atoms with Crippen molar-refractivity contribution < 1.29 is 80.2 Å². The zero-order valence-corrected chi connectivity index (χ0v) is 66.6. The Labute approximate surface area is 607 Å². The molecule has 0 heterocycles. The summed E-state index contributed by atoms with van der Waals surface area (Å²) in [6.45, 7) is 9.57. The molecule has 0 aromatic rings. The van der Waals surface area contributed by atoms with Gasteiger partial charge in [0.25, 0.3) is 0 Å². The van der Waals surface area contributed by atoms with Gasteiger partial charge >= 0.3 is 39.5 Å². The van der Waals surface area contributed by atoms with Gasteiger partial charge in [0.2, 0.25) is 0 Å². The first-order chi connectivity index (χ1) is 47.9. The number of hydrogen-bond donors (Lipinski definition) is 3. The number of phosphoric acid groups is 2. The van der Waals surface area contributed by atoms with Crippen LogP contribution in [0.3, 0.4) is 0 Å². The summed E-state index contributed by atoms with van der Waals surface area (Å²) in [5.74, 6) is -0.630. The van der Waals surface area contributed by atoms with Crippen LogP contribution < -0.4 is 0 Å².